The molecule has 0 unspecified atom stereocenters. The maximum atomic E-state index is 11.6. The first-order valence-corrected chi connectivity index (χ1v) is 25.4. The Morgan fingerprint density at radius 1 is 0.548 bits per heavy atom. The Bertz CT molecular complexity index is 1530. The molecule has 4 nitrogen and oxygen atoms in total. The van der Waals surface area contributed by atoms with Gasteiger partial charge in [0, 0.05) is 58.0 Å². The molecule has 1 heterocycles. The summed E-state index contributed by atoms with van der Waals surface area (Å²) in [6.07, 6.45) is 47.8. The third kappa shape index (κ3) is 28.8. The molecule has 2 aromatic carbocycles. The third-order valence-corrected chi connectivity index (χ3v) is 11.5. The van der Waals surface area contributed by atoms with E-state index in [9.17, 15) is 5.53 Å². The molecule has 2 N–H and O–H groups in total. The average Bonchev–Trinajstić information content (AvgIpc) is 3.59. The number of hydrogen-bond acceptors (Lipinski definition) is 2. The molecule has 0 fully saturated rings. The zero-order chi connectivity index (χ0) is 44.4. The normalized spacial score (nSPS) is 12.0. The van der Waals surface area contributed by atoms with Crippen molar-refractivity contribution < 1.29 is 31.4 Å². The molecule has 0 amide bonds. The van der Waals surface area contributed by atoms with Crippen molar-refractivity contribution in [3.05, 3.63) is 100 Å². The van der Waals surface area contributed by atoms with Gasteiger partial charge in [-0.05, 0) is 89.1 Å². The summed E-state index contributed by atoms with van der Waals surface area (Å²) in [6.45, 7) is 10.3. The number of unbranched alkanes of at least 4 members (excludes halogenated alkanes) is 25. The van der Waals surface area contributed by atoms with Crippen molar-refractivity contribution in [2.75, 3.05) is 13.2 Å². The van der Waals surface area contributed by atoms with Crippen LogP contribution >= 0.6 is 0 Å². The fourth-order valence-corrected chi connectivity index (χ4v) is 8.18. The van der Waals surface area contributed by atoms with Gasteiger partial charge < -0.3 is 15.7 Å². The Balaban J connectivity index is 0.00000501. The van der Waals surface area contributed by atoms with E-state index >= 15 is 0 Å². The summed E-state index contributed by atoms with van der Waals surface area (Å²) in [7, 11) is 0. The minimum Gasteiger partial charge on any atom is -0.493 e. The minimum absolute atomic E-state index is 0. The van der Waals surface area contributed by atoms with Crippen LogP contribution in [0.25, 0.3) is 16.9 Å². The number of allylic oxidation sites excluding steroid dienone is 4. The van der Waals surface area contributed by atoms with E-state index in [0.29, 0.717) is 0 Å². The van der Waals surface area contributed by atoms with E-state index in [2.05, 4.69) is 80.3 Å². The number of aryl methyl sites for hydroxylation is 1. The Hall–Kier alpha value is -2.77. The van der Waals surface area contributed by atoms with E-state index in [1.165, 1.54) is 176 Å². The summed E-state index contributed by atoms with van der Waals surface area (Å²) < 4.78 is 1.43. The van der Waals surface area contributed by atoms with E-state index < -0.39 is 0 Å². The van der Waals surface area contributed by atoms with Gasteiger partial charge in [0.05, 0.1) is 0 Å². The zero-order valence-corrected chi connectivity index (χ0v) is 41.6. The molecule has 0 radical (unpaired) electrons. The average molecular weight is 896 g/mol. The van der Waals surface area contributed by atoms with E-state index in [1.807, 2.05) is 19.1 Å². The Kier molecular flexibility index (Phi) is 41.5. The Morgan fingerprint density at radius 2 is 1.00 bits per heavy atom. The van der Waals surface area contributed by atoms with Gasteiger partial charge in [0.2, 0.25) is 11.4 Å². The van der Waals surface area contributed by atoms with Gasteiger partial charge >= 0.3 is 0 Å². The summed E-state index contributed by atoms with van der Waals surface area (Å²) in [4.78, 5) is 0. The number of aliphatic hydroxyl groups is 2. The van der Waals surface area contributed by atoms with Crippen LogP contribution in [0, 0.1) is 11.8 Å². The van der Waals surface area contributed by atoms with Gasteiger partial charge in [-0.2, -0.15) is 0 Å². The van der Waals surface area contributed by atoms with Crippen LogP contribution in [-0.2, 0) is 22.9 Å². The van der Waals surface area contributed by atoms with Gasteiger partial charge in [0.25, 0.3) is 0 Å². The quantitative estimate of drug-likeness (QED) is 0.0246. The van der Waals surface area contributed by atoms with Crippen LogP contribution in [0.1, 0.15) is 243 Å². The molecule has 1 aliphatic rings. The summed E-state index contributed by atoms with van der Waals surface area (Å²) >= 11 is 0. The SMILES string of the molecule is CC#Cc1cccc(C2=C(CCCC)C=C(c3ccccc3CCC=CCCCCCCCCCCCCCCCCCCCCCCCCCC)[N+]2=[N-])c1.CCO.CCO.[Ni]. The third-order valence-electron chi connectivity index (χ3n) is 11.5. The number of aliphatic hydroxyl groups excluding tert-OH is 2. The predicted molar refractivity (Wildman–Crippen MR) is 268 cm³/mol. The smallest absolute Gasteiger partial charge is 0.210 e. The van der Waals surface area contributed by atoms with Crippen LogP contribution in [-0.4, -0.2) is 28.1 Å². The fourth-order valence-electron chi connectivity index (χ4n) is 8.18. The van der Waals surface area contributed by atoms with Gasteiger partial charge in [0.1, 0.15) is 0 Å². The van der Waals surface area contributed by atoms with Gasteiger partial charge in [-0.25, -0.2) is 4.70 Å². The van der Waals surface area contributed by atoms with Crippen molar-refractivity contribution in [2.45, 2.75) is 227 Å². The molecular formula is C57H92N2NiO2. The summed E-state index contributed by atoms with van der Waals surface area (Å²) in [5, 5.41) is 15.1. The van der Waals surface area contributed by atoms with E-state index in [1.54, 1.807) is 13.8 Å². The molecule has 5 heteroatoms. The van der Waals surface area contributed by atoms with Crippen molar-refractivity contribution in [2.24, 2.45) is 0 Å². The monoisotopic (exact) mass is 895 g/mol. The second-order valence-corrected chi connectivity index (χ2v) is 17.0. The molecular weight excluding hydrogens is 803 g/mol. The molecule has 3 rings (SSSR count). The van der Waals surface area contributed by atoms with E-state index in [-0.39, 0.29) is 29.7 Å². The van der Waals surface area contributed by atoms with Gasteiger partial charge in [-0.15, -0.1) is 5.92 Å². The van der Waals surface area contributed by atoms with Gasteiger partial charge in [-0.3, -0.25) is 0 Å². The van der Waals surface area contributed by atoms with Crippen LogP contribution < -0.4 is 0 Å². The molecule has 1 aliphatic heterocycles. The largest absolute Gasteiger partial charge is 0.493 e. The Morgan fingerprint density at radius 3 is 1.48 bits per heavy atom. The van der Waals surface area contributed by atoms with Crippen LogP contribution in [0.2, 0.25) is 0 Å². The van der Waals surface area contributed by atoms with Crippen LogP contribution in [0.4, 0.5) is 0 Å². The second kappa shape index (κ2) is 43.5. The number of rotatable bonds is 33. The molecule has 62 heavy (non-hydrogen) atoms. The molecule has 0 atom stereocenters. The van der Waals surface area contributed by atoms with Crippen LogP contribution in [0.3, 0.4) is 0 Å². The van der Waals surface area contributed by atoms with Crippen LogP contribution in [0.5, 0.6) is 0 Å². The van der Waals surface area contributed by atoms with Crippen molar-refractivity contribution in [3.8, 4) is 11.8 Å². The molecule has 352 valence electrons. The second-order valence-electron chi connectivity index (χ2n) is 17.0. The van der Waals surface area contributed by atoms with E-state index in [4.69, 9.17) is 10.2 Å². The molecule has 0 spiro atoms. The Labute approximate surface area is 393 Å². The summed E-state index contributed by atoms with van der Waals surface area (Å²) in [5.41, 5.74) is 19.0. The molecule has 0 bridgehead atoms. The van der Waals surface area contributed by atoms with Gasteiger partial charge in [-0.1, -0.05) is 210 Å². The number of nitrogens with zero attached hydrogens (tertiary/aromatic N) is 2. The summed E-state index contributed by atoms with van der Waals surface area (Å²) in [6, 6.07) is 16.8. The molecule has 0 aliphatic carbocycles. The maximum absolute atomic E-state index is 11.6. The molecule has 0 saturated heterocycles. The topological polar surface area (TPSA) is 65.8 Å². The summed E-state index contributed by atoms with van der Waals surface area (Å²) in [5.74, 6) is 6.18. The van der Waals surface area contributed by atoms with Crippen molar-refractivity contribution in [1.82, 2.24) is 0 Å². The molecule has 0 saturated carbocycles. The predicted octanol–water partition coefficient (Wildman–Crippen LogP) is 17.3. The van der Waals surface area contributed by atoms with Crippen molar-refractivity contribution in [1.29, 1.82) is 0 Å². The standard InChI is InChI=1S/C53H80N2.2C2H6O.Ni/c1-4-7-9-10-11-12-13-14-15-16-17-18-19-20-21-22-23-24-25-26-27-28-29-30-31-32-33-34-41-48-42-35-36-44-51(48)52-46-50(40-8-5-2)53(55(52)54)49-43-37-39-47(45-49)38-6-3;2*1-2-3;/h32-33,35-37,39,42-46H,4-5,7-31,34,40-41H2,1-3H3;2*3H,2H2,1H3;. The zero-order valence-electron chi connectivity index (χ0n) is 40.6. The van der Waals surface area contributed by atoms with E-state index in [0.717, 1.165) is 60.2 Å². The fraction of sp³-hybridized carbons (Fsp3) is 0.649. The van der Waals surface area contributed by atoms with Gasteiger partial charge in [0.15, 0.2) is 0 Å². The molecule has 0 aromatic heterocycles. The minimum atomic E-state index is 0. The maximum Gasteiger partial charge on any atom is 0.210 e. The van der Waals surface area contributed by atoms with Crippen molar-refractivity contribution >= 4 is 11.4 Å². The van der Waals surface area contributed by atoms with Crippen LogP contribution in [0.15, 0.2) is 72.3 Å². The molecule has 2 aromatic rings. The number of hydrogen-bond donors (Lipinski definition) is 2. The number of benzene rings is 2. The first kappa shape index (κ1) is 59.2. The van der Waals surface area contributed by atoms with Crippen molar-refractivity contribution in [3.63, 3.8) is 0 Å². The first-order chi connectivity index (χ1) is 30.0. The first-order valence-electron chi connectivity index (χ1n) is 25.4.